The van der Waals surface area contributed by atoms with Gasteiger partial charge < -0.3 is 20.5 Å². The second-order valence-corrected chi connectivity index (χ2v) is 9.67. The number of fused-ring (bicyclic) bond motifs is 3. The van der Waals surface area contributed by atoms with Gasteiger partial charge >= 0.3 is 12.1 Å². The van der Waals surface area contributed by atoms with Gasteiger partial charge in [0.25, 0.3) is 0 Å². The molecule has 0 aliphatic heterocycles. The fraction of sp³-hybridized carbons (Fsp3) is 0.464. The van der Waals surface area contributed by atoms with Crippen LogP contribution in [0.2, 0.25) is 0 Å². The molecule has 186 valence electrons. The van der Waals surface area contributed by atoms with E-state index in [2.05, 4.69) is 34.9 Å². The normalized spacial score (nSPS) is 16.1. The third-order valence-electron chi connectivity index (χ3n) is 7.15. The molecule has 2 aliphatic rings. The molecule has 0 saturated heterocycles. The van der Waals surface area contributed by atoms with Gasteiger partial charge in [0.2, 0.25) is 5.91 Å². The molecule has 0 radical (unpaired) electrons. The standard InChI is InChI=1S/C28H34N2O5/c31-25(30-28(18-26(32)33)15-7-1-8-16-28)14-6-9-17-29-27(34)35-19-24-22-12-4-2-10-20(22)21-11-3-5-13-23(21)24/h2-5,10-13,24H,1,6-9,14-19H2,(H,29,34)(H,30,31)(H,32,33). The monoisotopic (exact) mass is 478 g/mol. The van der Waals surface area contributed by atoms with Crippen molar-refractivity contribution in [1.82, 2.24) is 10.6 Å². The average molecular weight is 479 g/mol. The van der Waals surface area contributed by atoms with Crippen LogP contribution in [-0.2, 0) is 14.3 Å². The lowest BCUT2D eigenvalue weighted by Crippen LogP contribution is -2.51. The number of nitrogens with one attached hydrogen (secondary N) is 2. The smallest absolute Gasteiger partial charge is 0.407 e. The molecule has 0 spiro atoms. The van der Waals surface area contributed by atoms with Gasteiger partial charge in [0, 0.05) is 18.9 Å². The van der Waals surface area contributed by atoms with Gasteiger partial charge in [0.1, 0.15) is 6.61 Å². The van der Waals surface area contributed by atoms with Crippen molar-refractivity contribution >= 4 is 18.0 Å². The summed E-state index contributed by atoms with van der Waals surface area (Å²) in [5, 5.41) is 15.0. The lowest BCUT2D eigenvalue weighted by atomic mass is 9.79. The Morgan fingerprint density at radius 2 is 1.54 bits per heavy atom. The topological polar surface area (TPSA) is 105 Å². The molecule has 2 aromatic carbocycles. The third kappa shape index (κ3) is 6.21. The highest BCUT2D eigenvalue weighted by Gasteiger charge is 2.35. The van der Waals surface area contributed by atoms with Gasteiger partial charge in [-0.05, 0) is 47.9 Å². The van der Waals surface area contributed by atoms with Crippen molar-refractivity contribution in [3.05, 3.63) is 59.7 Å². The van der Waals surface area contributed by atoms with Crippen LogP contribution >= 0.6 is 0 Å². The van der Waals surface area contributed by atoms with Gasteiger partial charge in [-0.15, -0.1) is 0 Å². The van der Waals surface area contributed by atoms with Gasteiger partial charge in [-0.2, -0.15) is 0 Å². The van der Waals surface area contributed by atoms with E-state index in [0.717, 1.165) is 19.3 Å². The van der Waals surface area contributed by atoms with Gasteiger partial charge in [0.15, 0.2) is 0 Å². The van der Waals surface area contributed by atoms with E-state index in [1.807, 2.05) is 24.3 Å². The largest absolute Gasteiger partial charge is 0.481 e. The number of benzene rings is 2. The maximum atomic E-state index is 12.4. The van der Waals surface area contributed by atoms with Crippen molar-refractivity contribution < 1.29 is 24.2 Å². The maximum absolute atomic E-state index is 12.4. The first-order chi connectivity index (χ1) is 17.0. The third-order valence-corrected chi connectivity index (χ3v) is 7.15. The first kappa shape index (κ1) is 24.8. The second-order valence-electron chi connectivity index (χ2n) is 9.67. The summed E-state index contributed by atoms with van der Waals surface area (Å²) in [5.41, 5.74) is 4.11. The number of carbonyl (C=O) groups excluding carboxylic acids is 2. The lowest BCUT2D eigenvalue weighted by Gasteiger charge is -2.37. The van der Waals surface area contributed by atoms with Gasteiger partial charge in [-0.25, -0.2) is 4.79 Å². The molecular weight excluding hydrogens is 444 g/mol. The predicted molar refractivity (Wildman–Crippen MR) is 133 cm³/mol. The Bertz CT molecular complexity index is 1020. The summed E-state index contributed by atoms with van der Waals surface area (Å²) in [6.07, 6.45) is 5.48. The molecule has 2 amide bonds. The highest BCUT2D eigenvalue weighted by Crippen LogP contribution is 2.44. The number of alkyl carbamates (subject to hydrolysis) is 1. The first-order valence-electron chi connectivity index (χ1n) is 12.6. The number of carbonyl (C=O) groups is 3. The molecule has 1 fully saturated rings. The minimum atomic E-state index is -0.875. The molecule has 0 heterocycles. The highest BCUT2D eigenvalue weighted by molar-refractivity contribution is 5.79. The number of hydrogen-bond donors (Lipinski definition) is 3. The summed E-state index contributed by atoms with van der Waals surface area (Å²) in [6.45, 7) is 0.693. The Labute approximate surface area is 206 Å². The number of hydrogen-bond acceptors (Lipinski definition) is 4. The average Bonchev–Trinajstić information content (AvgIpc) is 3.16. The Morgan fingerprint density at radius 1 is 0.914 bits per heavy atom. The number of rotatable bonds is 10. The molecule has 4 rings (SSSR count). The summed E-state index contributed by atoms with van der Waals surface area (Å²) in [5.74, 6) is -0.969. The van der Waals surface area contributed by atoms with Crippen LogP contribution in [0.1, 0.15) is 74.8 Å². The van der Waals surface area contributed by atoms with Crippen LogP contribution in [-0.4, -0.2) is 41.8 Å². The number of amides is 2. The van der Waals surface area contributed by atoms with Crippen LogP contribution in [0.4, 0.5) is 4.79 Å². The van der Waals surface area contributed by atoms with Crippen LogP contribution < -0.4 is 10.6 Å². The summed E-state index contributed by atoms with van der Waals surface area (Å²) < 4.78 is 5.53. The van der Waals surface area contributed by atoms with E-state index >= 15 is 0 Å². The van der Waals surface area contributed by atoms with Crippen LogP contribution in [0.25, 0.3) is 11.1 Å². The van der Waals surface area contributed by atoms with E-state index in [1.165, 1.54) is 22.3 Å². The number of carboxylic acids is 1. The Balaban J connectivity index is 1.17. The minimum Gasteiger partial charge on any atom is -0.481 e. The molecule has 2 aliphatic carbocycles. The molecule has 0 unspecified atom stereocenters. The first-order valence-corrected chi connectivity index (χ1v) is 12.6. The van der Waals surface area contributed by atoms with Crippen molar-refractivity contribution in [3.63, 3.8) is 0 Å². The quantitative estimate of drug-likeness (QED) is 0.417. The molecule has 0 atom stereocenters. The molecule has 3 N–H and O–H groups in total. The van der Waals surface area contributed by atoms with Crippen LogP contribution in [0.15, 0.2) is 48.5 Å². The molecule has 7 nitrogen and oxygen atoms in total. The maximum Gasteiger partial charge on any atom is 0.407 e. The van der Waals surface area contributed by atoms with Crippen LogP contribution in [0.5, 0.6) is 0 Å². The molecule has 0 aromatic heterocycles. The second kappa shape index (κ2) is 11.4. The number of ether oxygens (including phenoxy) is 1. The van der Waals surface area contributed by atoms with E-state index in [9.17, 15) is 19.5 Å². The van der Waals surface area contributed by atoms with E-state index in [1.54, 1.807) is 0 Å². The molecule has 7 heteroatoms. The summed E-state index contributed by atoms with van der Waals surface area (Å²) in [7, 11) is 0. The molecule has 1 saturated carbocycles. The minimum absolute atomic E-state index is 0.0229. The zero-order chi connectivity index (χ0) is 24.7. The number of carboxylic acid groups (broad SMARTS) is 1. The van der Waals surface area contributed by atoms with E-state index in [4.69, 9.17) is 4.74 Å². The van der Waals surface area contributed by atoms with Crippen molar-refractivity contribution in [3.8, 4) is 11.1 Å². The van der Waals surface area contributed by atoms with Gasteiger partial charge in [0.05, 0.1) is 12.0 Å². The van der Waals surface area contributed by atoms with E-state index < -0.39 is 17.6 Å². The predicted octanol–water partition coefficient (Wildman–Crippen LogP) is 4.99. The van der Waals surface area contributed by atoms with E-state index in [-0.39, 0.29) is 24.9 Å². The molecular formula is C28H34N2O5. The zero-order valence-corrected chi connectivity index (χ0v) is 20.1. The molecule has 2 aromatic rings. The highest BCUT2D eigenvalue weighted by atomic mass is 16.5. The van der Waals surface area contributed by atoms with Crippen molar-refractivity contribution in [2.75, 3.05) is 13.2 Å². The summed E-state index contributed by atoms with van der Waals surface area (Å²) in [4.78, 5) is 36.0. The SMILES string of the molecule is O=C(O)CC1(NC(=O)CCCCNC(=O)OCC2c3ccccc3-c3ccccc32)CCCCC1. The Kier molecular flexibility index (Phi) is 8.06. The summed E-state index contributed by atoms with van der Waals surface area (Å²) >= 11 is 0. The lowest BCUT2D eigenvalue weighted by molar-refractivity contribution is -0.139. The van der Waals surface area contributed by atoms with E-state index in [0.29, 0.717) is 38.6 Å². The van der Waals surface area contributed by atoms with Crippen molar-refractivity contribution in [2.24, 2.45) is 0 Å². The number of unbranched alkanes of at least 4 members (excludes halogenated alkanes) is 1. The molecule has 35 heavy (non-hydrogen) atoms. The van der Waals surface area contributed by atoms with Crippen molar-refractivity contribution in [1.29, 1.82) is 0 Å². The Morgan fingerprint density at radius 3 is 2.17 bits per heavy atom. The van der Waals surface area contributed by atoms with Crippen molar-refractivity contribution in [2.45, 2.75) is 69.2 Å². The number of aliphatic carboxylic acids is 1. The zero-order valence-electron chi connectivity index (χ0n) is 20.1. The Hall–Kier alpha value is -3.35. The molecule has 0 bridgehead atoms. The van der Waals surface area contributed by atoms with Crippen LogP contribution in [0, 0.1) is 0 Å². The summed E-state index contributed by atoms with van der Waals surface area (Å²) in [6, 6.07) is 16.4. The fourth-order valence-corrected chi connectivity index (χ4v) is 5.47. The van der Waals surface area contributed by atoms with Gasteiger partial charge in [-0.1, -0.05) is 67.8 Å². The fourth-order valence-electron chi connectivity index (χ4n) is 5.47. The van der Waals surface area contributed by atoms with Gasteiger partial charge in [-0.3, -0.25) is 9.59 Å². The van der Waals surface area contributed by atoms with Crippen LogP contribution in [0.3, 0.4) is 0 Å².